The van der Waals surface area contributed by atoms with Crippen molar-refractivity contribution in [1.29, 1.82) is 0 Å². The zero-order valence-electron chi connectivity index (χ0n) is 18.9. The van der Waals surface area contributed by atoms with Crippen LogP contribution in [0.3, 0.4) is 0 Å². The zero-order valence-corrected chi connectivity index (χ0v) is 18.9. The summed E-state index contributed by atoms with van der Waals surface area (Å²) in [5.74, 6) is -1.94. The maximum absolute atomic E-state index is 13.6. The van der Waals surface area contributed by atoms with Gasteiger partial charge in [0.1, 0.15) is 12.1 Å². The van der Waals surface area contributed by atoms with E-state index in [1.165, 1.54) is 14.2 Å². The molecular formula is C27H27NO5. The highest BCUT2D eigenvalue weighted by Gasteiger charge is 2.66. The van der Waals surface area contributed by atoms with Gasteiger partial charge in [-0.15, -0.1) is 0 Å². The molecule has 6 nitrogen and oxygen atoms in total. The van der Waals surface area contributed by atoms with Gasteiger partial charge in [-0.25, -0.2) is 5.06 Å². The van der Waals surface area contributed by atoms with Crippen LogP contribution in [-0.2, 0) is 23.9 Å². The van der Waals surface area contributed by atoms with Crippen molar-refractivity contribution in [2.75, 3.05) is 19.3 Å². The highest BCUT2D eigenvalue weighted by molar-refractivity contribution is 6.02. The molecule has 4 rings (SSSR count). The van der Waals surface area contributed by atoms with Crippen LogP contribution in [0.2, 0.25) is 0 Å². The number of hydroxylamine groups is 1. The summed E-state index contributed by atoms with van der Waals surface area (Å²) in [4.78, 5) is 33.9. The third-order valence-corrected chi connectivity index (χ3v) is 6.37. The summed E-state index contributed by atoms with van der Waals surface area (Å²) in [6, 6.07) is 27.5. The predicted octanol–water partition coefficient (Wildman–Crippen LogP) is 4.89. The van der Waals surface area contributed by atoms with Crippen molar-refractivity contribution in [3.05, 3.63) is 102 Å². The molecule has 0 unspecified atom stereocenters. The van der Waals surface area contributed by atoms with Crippen LogP contribution in [-0.4, -0.2) is 26.2 Å². The van der Waals surface area contributed by atoms with Crippen LogP contribution < -0.4 is 5.06 Å². The molecule has 3 aromatic rings. The Morgan fingerprint density at radius 3 is 1.70 bits per heavy atom. The van der Waals surface area contributed by atoms with Gasteiger partial charge < -0.3 is 9.47 Å². The monoisotopic (exact) mass is 445 g/mol. The molecule has 0 amide bonds. The predicted molar refractivity (Wildman–Crippen MR) is 124 cm³/mol. The maximum Gasteiger partial charge on any atom is 0.326 e. The lowest BCUT2D eigenvalue weighted by Crippen LogP contribution is -2.61. The lowest BCUT2D eigenvalue weighted by Gasteiger charge is -2.52. The van der Waals surface area contributed by atoms with E-state index < -0.39 is 35.4 Å². The van der Waals surface area contributed by atoms with E-state index in [2.05, 4.69) is 0 Å². The van der Waals surface area contributed by atoms with Crippen LogP contribution in [0.15, 0.2) is 91.0 Å². The number of carbonyl (C=O) groups is 2. The van der Waals surface area contributed by atoms with Crippen molar-refractivity contribution in [1.82, 2.24) is 0 Å². The summed E-state index contributed by atoms with van der Waals surface area (Å²) in [5.41, 5.74) is 0.584. The third kappa shape index (κ3) is 3.76. The highest BCUT2D eigenvalue weighted by Crippen LogP contribution is 2.56. The van der Waals surface area contributed by atoms with Crippen LogP contribution >= 0.6 is 0 Å². The Morgan fingerprint density at radius 1 is 0.758 bits per heavy atom. The quantitative estimate of drug-likeness (QED) is 0.412. The van der Waals surface area contributed by atoms with E-state index in [9.17, 15) is 9.59 Å². The molecule has 0 bridgehead atoms. The average molecular weight is 446 g/mol. The molecule has 1 fully saturated rings. The first-order valence-corrected chi connectivity index (χ1v) is 10.8. The number of hydrogen-bond acceptors (Lipinski definition) is 6. The normalized spacial score (nSPS) is 21.8. The molecule has 0 aromatic heterocycles. The number of hydrogen-bond donors (Lipinski definition) is 0. The summed E-state index contributed by atoms with van der Waals surface area (Å²) >= 11 is 0. The van der Waals surface area contributed by atoms with E-state index in [1.54, 1.807) is 5.06 Å². The van der Waals surface area contributed by atoms with Gasteiger partial charge in [-0.2, -0.15) is 0 Å². The largest absolute Gasteiger partial charge is 0.468 e. The summed E-state index contributed by atoms with van der Waals surface area (Å²) < 4.78 is 10.6. The molecule has 0 N–H and O–H groups in total. The highest BCUT2D eigenvalue weighted by atomic mass is 16.7. The van der Waals surface area contributed by atoms with Gasteiger partial charge >= 0.3 is 11.9 Å². The SMILES string of the molecule is COC(=O)C1(C(=O)OC)[C@H](C)[C@@H](c2ccccc2)ON(c2ccccc2)[C@H]1c1ccccc1. The topological polar surface area (TPSA) is 65.1 Å². The van der Waals surface area contributed by atoms with E-state index in [-0.39, 0.29) is 0 Å². The molecule has 1 aliphatic rings. The lowest BCUT2D eigenvalue weighted by atomic mass is 9.64. The van der Waals surface area contributed by atoms with Crippen LogP contribution in [0.25, 0.3) is 0 Å². The first-order valence-electron chi connectivity index (χ1n) is 10.8. The van der Waals surface area contributed by atoms with Crippen molar-refractivity contribution < 1.29 is 23.9 Å². The second-order valence-electron chi connectivity index (χ2n) is 8.05. The van der Waals surface area contributed by atoms with E-state index in [0.29, 0.717) is 5.69 Å². The minimum absolute atomic E-state index is 0.607. The van der Waals surface area contributed by atoms with Crippen molar-refractivity contribution in [2.24, 2.45) is 11.3 Å². The summed E-state index contributed by atoms with van der Waals surface area (Å²) in [5, 5.41) is 1.65. The van der Waals surface area contributed by atoms with Gasteiger partial charge in [0, 0.05) is 5.92 Å². The first kappa shape index (κ1) is 22.6. The first-order chi connectivity index (χ1) is 16.1. The Kier molecular flexibility index (Phi) is 6.47. The van der Waals surface area contributed by atoms with Crippen molar-refractivity contribution >= 4 is 17.6 Å². The number of anilines is 1. The summed E-state index contributed by atoms with van der Waals surface area (Å²) in [7, 11) is 2.59. The van der Waals surface area contributed by atoms with Crippen LogP contribution in [0, 0.1) is 11.3 Å². The number of para-hydroxylation sites is 1. The number of esters is 2. The van der Waals surface area contributed by atoms with Crippen molar-refractivity contribution in [3.63, 3.8) is 0 Å². The Labute approximate surface area is 193 Å². The molecule has 6 heteroatoms. The smallest absolute Gasteiger partial charge is 0.326 e. The number of ether oxygens (including phenoxy) is 2. The van der Waals surface area contributed by atoms with Crippen LogP contribution in [0.1, 0.15) is 30.2 Å². The van der Waals surface area contributed by atoms with Crippen molar-refractivity contribution in [3.8, 4) is 0 Å². The number of carbonyl (C=O) groups excluding carboxylic acids is 2. The van der Waals surface area contributed by atoms with Gasteiger partial charge in [0.05, 0.1) is 19.9 Å². The lowest BCUT2D eigenvalue weighted by molar-refractivity contribution is -0.198. The molecule has 33 heavy (non-hydrogen) atoms. The summed E-state index contributed by atoms with van der Waals surface area (Å²) in [6.07, 6.45) is -0.607. The zero-order chi connectivity index (χ0) is 23.4. The van der Waals surface area contributed by atoms with Gasteiger partial charge in [0.2, 0.25) is 0 Å². The molecule has 3 aromatic carbocycles. The van der Waals surface area contributed by atoms with E-state index in [1.807, 2.05) is 97.9 Å². The second kappa shape index (κ2) is 9.46. The molecule has 3 atom stereocenters. The standard InChI is InChI=1S/C27H27NO5/c1-19-23(20-13-7-4-8-14-20)33-28(22-17-11-6-12-18-22)24(21-15-9-5-10-16-21)27(19,25(29)31-2)26(30)32-3/h4-19,23-24H,1-3H3/t19-,23+,24+/m1/s1. The van der Waals surface area contributed by atoms with Gasteiger partial charge in [0.15, 0.2) is 5.41 Å². The molecular weight excluding hydrogens is 418 g/mol. The minimum atomic E-state index is -1.69. The fourth-order valence-electron chi connectivity index (χ4n) is 4.77. The second-order valence-corrected chi connectivity index (χ2v) is 8.05. The number of methoxy groups -OCH3 is 2. The Morgan fingerprint density at radius 2 is 1.21 bits per heavy atom. The molecule has 170 valence electrons. The number of nitrogens with zero attached hydrogens (tertiary/aromatic N) is 1. The van der Waals surface area contributed by atoms with Gasteiger partial charge in [-0.3, -0.25) is 14.4 Å². The Bertz CT molecular complexity index is 1070. The van der Waals surface area contributed by atoms with Crippen molar-refractivity contribution in [2.45, 2.75) is 19.1 Å². The number of rotatable bonds is 5. The number of benzene rings is 3. The molecule has 1 heterocycles. The minimum Gasteiger partial charge on any atom is -0.468 e. The fourth-order valence-corrected chi connectivity index (χ4v) is 4.77. The van der Waals surface area contributed by atoms with Crippen LogP contribution in [0.4, 0.5) is 5.69 Å². The fraction of sp³-hybridized carbons (Fsp3) is 0.259. The molecule has 1 aliphatic heterocycles. The van der Waals surface area contributed by atoms with Gasteiger partial charge in [-0.05, 0) is 23.3 Å². The Hall–Kier alpha value is -3.64. The Balaban J connectivity index is 2.02. The van der Waals surface area contributed by atoms with Gasteiger partial charge in [0.25, 0.3) is 0 Å². The van der Waals surface area contributed by atoms with E-state index in [0.717, 1.165) is 11.1 Å². The molecule has 0 saturated carbocycles. The molecule has 0 radical (unpaired) electrons. The maximum atomic E-state index is 13.6. The molecule has 0 spiro atoms. The van der Waals surface area contributed by atoms with E-state index in [4.69, 9.17) is 14.3 Å². The van der Waals surface area contributed by atoms with E-state index >= 15 is 0 Å². The van der Waals surface area contributed by atoms with Gasteiger partial charge in [-0.1, -0.05) is 85.8 Å². The molecule has 0 aliphatic carbocycles. The summed E-state index contributed by atoms with van der Waals surface area (Å²) in [6.45, 7) is 1.84. The van der Waals surface area contributed by atoms with Crippen LogP contribution in [0.5, 0.6) is 0 Å². The average Bonchev–Trinajstić information content (AvgIpc) is 2.89. The molecule has 1 saturated heterocycles. The third-order valence-electron chi connectivity index (χ3n) is 6.37.